The van der Waals surface area contributed by atoms with Gasteiger partial charge in [0.25, 0.3) is 0 Å². The number of anilines is 2. The minimum atomic E-state index is 0.0726. The predicted octanol–water partition coefficient (Wildman–Crippen LogP) is 3.20. The van der Waals surface area contributed by atoms with Crippen LogP contribution < -0.4 is 16.4 Å². The molecule has 0 aromatic carbocycles. The number of fused-ring (bicyclic) bond motifs is 1. The SMILES string of the molecule is C[C@@H]1OCC2(CCN(c3ncc(Sc4ccnc(N)c4Cl)c4nsnc34)CC2)[C@@H]1N. The zero-order valence-corrected chi connectivity index (χ0v) is 18.8. The van der Waals surface area contributed by atoms with Crippen molar-refractivity contribution in [2.24, 2.45) is 11.1 Å². The first-order chi connectivity index (χ1) is 14.5. The number of nitrogens with zero attached hydrogens (tertiary/aromatic N) is 5. The van der Waals surface area contributed by atoms with Gasteiger partial charge >= 0.3 is 0 Å². The first-order valence-corrected chi connectivity index (χ1v) is 11.7. The minimum absolute atomic E-state index is 0.0726. The maximum absolute atomic E-state index is 6.46. The Hall–Kier alpha value is -1.72. The molecule has 5 heterocycles. The van der Waals surface area contributed by atoms with Crippen LogP contribution in [0.25, 0.3) is 11.0 Å². The Morgan fingerprint density at radius 3 is 2.73 bits per heavy atom. The summed E-state index contributed by atoms with van der Waals surface area (Å²) in [5, 5.41) is 0.439. The van der Waals surface area contributed by atoms with E-state index in [4.69, 9.17) is 32.8 Å². The molecule has 5 rings (SSSR count). The molecule has 2 atom stereocenters. The van der Waals surface area contributed by atoms with Crippen molar-refractivity contribution in [2.45, 2.75) is 41.7 Å². The van der Waals surface area contributed by atoms with E-state index in [1.54, 1.807) is 6.20 Å². The number of rotatable bonds is 3. The maximum atomic E-state index is 6.46. The molecule has 0 amide bonds. The molecule has 4 N–H and O–H groups in total. The second-order valence-corrected chi connectivity index (χ2v) is 9.90. The molecule has 2 aliphatic rings. The maximum Gasteiger partial charge on any atom is 0.158 e. The molecule has 2 aliphatic heterocycles. The Morgan fingerprint density at radius 1 is 1.23 bits per heavy atom. The van der Waals surface area contributed by atoms with Crippen LogP contribution in [0.3, 0.4) is 0 Å². The fourth-order valence-corrected chi connectivity index (χ4v) is 6.07. The lowest BCUT2D eigenvalue weighted by Gasteiger charge is -2.41. The molecule has 8 nitrogen and oxygen atoms in total. The van der Waals surface area contributed by atoms with Crippen molar-refractivity contribution in [1.29, 1.82) is 0 Å². The van der Waals surface area contributed by atoms with Crippen LogP contribution in [0, 0.1) is 5.41 Å². The summed E-state index contributed by atoms with van der Waals surface area (Å²) < 4.78 is 14.9. The Labute approximate surface area is 187 Å². The van der Waals surface area contributed by atoms with E-state index in [1.807, 2.05) is 12.3 Å². The molecule has 3 aromatic heterocycles. The number of pyridine rings is 2. The van der Waals surface area contributed by atoms with Gasteiger partial charge in [-0.25, -0.2) is 9.97 Å². The Morgan fingerprint density at radius 2 is 2.00 bits per heavy atom. The predicted molar refractivity (Wildman–Crippen MR) is 120 cm³/mol. The van der Waals surface area contributed by atoms with Gasteiger partial charge in [-0.3, -0.25) is 0 Å². The van der Waals surface area contributed by atoms with Gasteiger partial charge in [0.15, 0.2) is 5.82 Å². The molecule has 158 valence electrons. The molecule has 2 saturated heterocycles. The zero-order chi connectivity index (χ0) is 20.9. The highest BCUT2D eigenvalue weighted by Crippen LogP contribution is 2.43. The molecule has 0 aliphatic carbocycles. The first kappa shape index (κ1) is 20.2. The van der Waals surface area contributed by atoms with Gasteiger partial charge < -0.3 is 21.1 Å². The molecule has 30 heavy (non-hydrogen) atoms. The van der Waals surface area contributed by atoms with Gasteiger partial charge in [0.1, 0.15) is 16.9 Å². The van der Waals surface area contributed by atoms with Gasteiger partial charge in [0.05, 0.1) is 34.4 Å². The number of hydrogen-bond donors (Lipinski definition) is 2. The zero-order valence-electron chi connectivity index (χ0n) is 16.4. The lowest BCUT2D eigenvalue weighted by atomic mass is 9.73. The Balaban J connectivity index is 1.40. The largest absolute Gasteiger partial charge is 0.382 e. The smallest absolute Gasteiger partial charge is 0.158 e. The highest BCUT2D eigenvalue weighted by atomic mass is 35.5. The average molecular weight is 464 g/mol. The molecular weight excluding hydrogens is 442 g/mol. The fourth-order valence-electron chi connectivity index (χ4n) is 4.32. The number of hydrogen-bond acceptors (Lipinski definition) is 10. The van der Waals surface area contributed by atoms with E-state index >= 15 is 0 Å². The average Bonchev–Trinajstić information content (AvgIpc) is 3.35. The standard InChI is InChI=1S/C19H22ClN7OS2/c1-10-16(21)19(9-28-10)3-6-27(7-4-19)18-15-14(25-30-26-15)12(8-24-18)29-11-2-5-23-17(22)13(11)20/h2,5,8,10,16H,3-4,6-7,9,21H2,1H3,(H2,22,23)/t10-,16+/m0/s1. The molecule has 11 heteroatoms. The summed E-state index contributed by atoms with van der Waals surface area (Å²) in [6.07, 6.45) is 5.58. The van der Waals surface area contributed by atoms with Gasteiger partial charge in [-0.15, -0.1) is 0 Å². The van der Waals surface area contributed by atoms with Crippen molar-refractivity contribution in [3.63, 3.8) is 0 Å². The second kappa shape index (κ2) is 7.76. The number of piperidine rings is 1. The van der Waals surface area contributed by atoms with Crippen LogP contribution >= 0.6 is 35.1 Å². The van der Waals surface area contributed by atoms with Crippen molar-refractivity contribution in [2.75, 3.05) is 30.3 Å². The van der Waals surface area contributed by atoms with Crippen LogP contribution in [0.5, 0.6) is 0 Å². The molecule has 0 saturated carbocycles. The lowest BCUT2D eigenvalue weighted by Crippen LogP contribution is -2.50. The van der Waals surface area contributed by atoms with Crippen LogP contribution in [-0.2, 0) is 4.74 Å². The molecule has 0 radical (unpaired) electrons. The van der Waals surface area contributed by atoms with Crippen molar-refractivity contribution in [1.82, 2.24) is 18.7 Å². The normalized spacial score (nSPS) is 23.5. The quantitative estimate of drug-likeness (QED) is 0.603. The Kier molecular flexibility index (Phi) is 5.22. The number of nitrogen functional groups attached to an aromatic ring is 1. The van der Waals surface area contributed by atoms with Crippen molar-refractivity contribution >= 4 is 57.8 Å². The number of aromatic nitrogens is 4. The van der Waals surface area contributed by atoms with Gasteiger partial charge in [0, 0.05) is 41.8 Å². The highest BCUT2D eigenvalue weighted by Gasteiger charge is 2.47. The molecule has 1 spiro atoms. The third kappa shape index (κ3) is 3.31. The second-order valence-electron chi connectivity index (χ2n) is 7.91. The Bertz CT molecular complexity index is 1090. The molecule has 3 aromatic rings. The van der Waals surface area contributed by atoms with Gasteiger partial charge in [-0.1, -0.05) is 23.4 Å². The van der Waals surface area contributed by atoms with E-state index in [1.165, 1.54) is 23.5 Å². The van der Waals surface area contributed by atoms with Crippen LogP contribution in [-0.4, -0.2) is 50.6 Å². The van der Waals surface area contributed by atoms with Crippen molar-refractivity contribution in [3.05, 3.63) is 23.5 Å². The van der Waals surface area contributed by atoms with Crippen LogP contribution in [0.4, 0.5) is 11.6 Å². The first-order valence-electron chi connectivity index (χ1n) is 9.80. The summed E-state index contributed by atoms with van der Waals surface area (Å²) >= 11 is 8.98. The third-order valence-corrected chi connectivity index (χ3v) is 8.36. The molecule has 0 bridgehead atoms. The van der Waals surface area contributed by atoms with E-state index < -0.39 is 0 Å². The highest BCUT2D eigenvalue weighted by molar-refractivity contribution is 7.99. The minimum Gasteiger partial charge on any atom is -0.382 e. The van der Waals surface area contributed by atoms with E-state index in [0.717, 1.165) is 59.2 Å². The van der Waals surface area contributed by atoms with Crippen molar-refractivity contribution < 1.29 is 4.74 Å². The monoisotopic (exact) mass is 463 g/mol. The van der Waals surface area contributed by atoms with Gasteiger partial charge in [-0.05, 0) is 25.8 Å². The van der Waals surface area contributed by atoms with Crippen molar-refractivity contribution in [3.8, 4) is 0 Å². The summed E-state index contributed by atoms with van der Waals surface area (Å²) in [4.78, 5) is 12.8. The fraction of sp³-hybridized carbons (Fsp3) is 0.474. The summed E-state index contributed by atoms with van der Waals surface area (Å²) in [6.45, 7) is 4.57. The number of ether oxygens (including phenoxy) is 1. The summed E-state index contributed by atoms with van der Waals surface area (Å²) in [5.74, 6) is 1.18. The summed E-state index contributed by atoms with van der Waals surface area (Å²) in [7, 11) is 0. The van der Waals surface area contributed by atoms with E-state index in [9.17, 15) is 0 Å². The van der Waals surface area contributed by atoms with E-state index in [-0.39, 0.29) is 17.6 Å². The molecule has 0 unspecified atom stereocenters. The summed E-state index contributed by atoms with van der Waals surface area (Å²) in [5.41, 5.74) is 14.0. The summed E-state index contributed by atoms with van der Waals surface area (Å²) in [6, 6.07) is 1.92. The van der Waals surface area contributed by atoms with Crippen LogP contribution in [0.1, 0.15) is 19.8 Å². The lowest BCUT2D eigenvalue weighted by molar-refractivity contribution is 0.0974. The number of halogens is 1. The third-order valence-electron chi connectivity index (χ3n) is 6.24. The number of nitrogens with two attached hydrogens (primary N) is 2. The van der Waals surface area contributed by atoms with Gasteiger partial charge in [-0.2, -0.15) is 8.75 Å². The van der Waals surface area contributed by atoms with Gasteiger partial charge in [0.2, 0.25) is 0 Å². The topological polar surface area (TPSA) is 116 Å². The van der Waals surface area contributed by atoms with E-state index in [0.29, 0.717) is 10.8 Å². The van der Waals surface area contributed by atoms with Crippen LogP contribution in [0.2, 0.25) is 5.02 Å². The molecule has 2 fully saturated rings. The van der Waals surface area contributed by atoms with Crippen LogP contribution in [0.15, 0.2) is 28.3 Å². The molecular formula is C19H22ClN7OS2. The van der Waals surface area contributed by atoms with E-state index in [2.05, 4.69) is 25.6 Å².